The number of phosphoric acid groups is 1. The summed E-state index contributed by atoms with van der Waals surface area (Å²) in [7, 11) is -4.74. The summed E-state index contributed by atoms with van der Waals surface area (Å²) in [6, 6.07) is 0. The van der Waals surface area contributed by atoms with Crippen LogP contribution in [0.25, 0.3) is 0 Å². The van der Waals surface area contributed by atoms with Gasteiger partial charge in [-0.25, -0.2) is 4.57 Å². The molecule has 0 aliphatic rings. The molecule has 0 aromatic heterocycles. The average Bonchev–Trinajstić information content (AvgIpc) is 3.04. The van der Waals surface area contributed by atoms with Crippen LogP contribution in [0.3, 0.4) is 0 Å². The smallest absolute Gasteiger partial charge is 0.462 e. The predicted molar refractivity (Wildman–Crippen MR) is 193 cm³/mol. The Morgan fingerprint density at radius 3 is 1.34 bits per heavy atom. The number of hydrogen-bond donors (Lipinski definition) is 2. The number of hydrogen-bond acceptors (Lipinski definition) is 6. The van der Waals surface area contributed by atoms with Crippen LogP contribution in [0.2, 0.25) is 0 Å². The standard InChI is InChI=1S/C38H73O8P/c1-3-5-7-9-11-13-15-17-18-19-20-21-23-25-27-29-31-33-38(40)46-36(35-45-47(41,42)43)34-44-37(39)32-30-28-26-24-22-16-14-12-10-8-6-4-2/h12,14,36H,3-11,13,15-35H2,1-2H3,(H2,41,42,43)/b14-12+/t36-/m1/s1. The highest BCUT2D eigenvalue weighted by atomic mass is 31.2. The minimum atomic E-state index is -4.74. The number of phosphoric ester groups is 1. The number of esters is 2. The summed E-state index contributed by atoms with van der Waals surface area (Å²) in [5.74, 6) is -0.887. The van der Waals surface area contributed by atoms with Crippen molar-refractivity contribution in [3.63, 3.8) is 0 Å². The number of carbonyl (C=O) groups excluding carboxylic acids is 2. The van der Waals surface area contributed by atoms with Gasteiger partial charge in [0.1, 0.15) is 6.61 Å². The Hall–Kier alpha value is -1.21. The highest BCUT2D eigenvalue weighted by Gasteiger charge is 2.22. The molecule has 0 spiro atoms. The second-order valence-corrected chi connectivity index (χ2v) is 14.5. The van der Waals surface area contributed by atoms with Gasteiger partial charge in [-0.2, -0.15) is 0 Å². The largest absolute Gasteiger partial charge is 0.469 e. The molecule has 0 saturated carbocycles. The molecular formula is C38H73O8P. The fraction of sp³-hybridized carbons (Fsp3) is 0.895. The molecular weight excluding hydrogens is 615 g/mol. The SMILES string of the molecule is CCCCC/C=C/CCCCCCCC(=O)OC[C@H](COP(=O)(O)O)OC(=O)CCCCCCCCCCCCCCCCCCC. The summed E-state index contributed by atoms with van der Waals surface area (Å²) in [4.78, 5) is 42.7. The average molecular weight is 689 g/mol. The second kappa shape index (κ2) is 34.6. The van der Waals surface area contributed by atoms with E-state index in [9.17, 15) is 14.2 Å². The Morgan fingerprint density at radius 1 is 0.532 bits per heavy atom. The Balaban J connectivity index is 3.91. The van der Waals surface area contributed by atoms with Gasteiger partial charge in [0.2, 0.25) is 0 Å². The molecule has 0 aliphatic heterocycles. The van der Waals surface area contributed by atoms with E-state index in [-0.39, 0.29) is 19.4 Å². The van der Waals surface area contributed by atoms with E-state index in [1.54, 1.807) is 0 Å². The summed E-state index contributed by atoms with van der Waals surface area (Å²) in [5, 5.41) is 0. The highest BCUT2D eigenvalue weighted by molar-refractivity contribution is 7.46. The Bertz CT molecular complexity index is 782. The first-order valence-electron chi connectivity index (χ1n) is 19.5. The third-order valence-electron chi connectivity index (χ3n) is 8.53. The first kappa shape index (κ1) is 45.8. The maximum Gasteiger partial charge on any atom is 0.469 e. The van der Waals surface area contributed by atoms with Gasteiger partial charge in [0, 0.05) is 12.8 Å². The molecule has 0 amide bonds. The van der Waals surface area contributed by atoms with Gasteiger partial charge in [0.25, 0.3) is 0 Å². The van der Waals surface area contributed by atoms with Crippen molar-refractivity contribution in [3.05, 3.63) is 12.2 Å². The van der Waals surface area contributed by atoms with Crippen LogP contribution < -0.4 is 0 Å². The van der Waals surface area contributed by atoms with Crippen molar-refractivity contribution in [2.75, 3.05) is 13.2 Å². The van der Waals surface area contributed by atoms with Crippen LogP contribution in [0.15, 0.2) is 12.2 Å². The lowest BCUT2D eigenvalue weighted by atomic mass is 10.0. The lowest BCUT2D eigenvalue weighted by Gasteiger charge is -2.18. The molecule has 0 rings (SSSR count). The number of unbranched alkanes of at least 4 members (excludes halogenated alkanes) is 24. The van der Waals surface area contributed by atoms with E-state index in [4.69, 9.17) is 19.3 Å². The van der Waals surface area contributed by atoms with Crippen molar-refractivity contribution in [3.8, 4) is 0 Å². The minimum Gasteiger partial charge on any atom is -0.462 e. The monoisotopic (exact) mass is 689 g/mol. The molecule has 0 radical (unpaired) electrons. The molecule has 47 heavy (non-hydrogen) atoms. The van der Waals surface area contributed by atoms with Crippen molar-refractivity contribution < 1.29 is 37.9 Å². The molecule has 0 aromatic carbocycles. The Labute approximate surface area is 288 Å². The van der Waals surface area contributed by atoms with Crippen molar-refractivity contribution >= 4 is 19.8 Å². The van der Waals surface area contributed by atoms with Crippen LogP contribution in [-0.2, 0) is 28.2 Å². The maximum absolute atomic E-state index is 12.4. The van der Waals surface area contributed by atoms with Crippen LogP contribution in [-0.4, -0.2) is 41.0 Å². The molecule has 0 fully saturated rings. The van der Waals surface area contributed by atoms with E-state index >= 15 is 0 Å². The molecule has 278 valence electrons. The summed E-state index contributed by atoms with van der Waals surface area (Å²) in [6.45, 7) is 3.66. The zero-order valence-electron chi connectivity index (χ0n) is 30.4. The molecule has 0 heterocycles. The predicted octanol–water partition coefficient (Wildman–Crippen LogP) is 11.5. The highest BCUT2D eigenvalue weighted by Crippen LogP contribution is 2.36. The van der Waals surface area contributed by atoms with E-state index in [1.807, 2.05) is 0 Å². The molecule has 0 aliphatic carbocycles. The van der Waals surface area contributed by atoms with Gasteiger partial charge in [-0.05, 0) is 38.5 Å². The van der Waals surface area contributed by atoms with Gasteiger partial charge in [-0.15, -0.1) is 0 Å². The topological polar surface area (TPSA) is 119 Å². The fourth-order valence-electron chi connectivity index (χ4n) is 5.60. The normalized spacial score (nSPS) is 12.5. The van der Waals surface area contributed by atoms with Crippen LogP contribution in [0.4, 0.5) is 0 Å². The minimum absolute atomic E-state index is 0.216. The van der Waals surface area contributed by atoms with Crippen LogP contribution in [0.5, 0.6) is 0 Å². The van der Waals surface area contributed by atoms with Crippen molar-refractivity contribution in [2.24, 2.45) is 0 Å². The Morgan fingerprint density at radius 2 is 0.894 bits per heavy atom. The third-order valence-corrected chi connectivity index (χ3v) is 9.02. The summed E-state index contributed by atoms with van der Waals surface area (Å²) in [5.41, 5.74) is 0. The molecule has 9 heteroatoms. The van der Waals surface area contributed by atoms with E-state index in [0.717, 1.165) is 51.4 Å². The fourth-order valence-corrected chi connectivity index (χ4v) is 5.96. The quantitative estimate of drug-likeness (QED) is 0.0289. The number of allylic oxidation sites excluding steroid dienone is 2. The zero-order chi connectivity index (χ0) is 34.7. The summed E-state index contributed by atoms with van der Waals surface area (Å²) in [6.07, 6.45) is 36.5. The lowest BCUT2D eigenvalue weighted by molar-refractivity contribution is -0.161. The first-order chi connectivity index (χ1) is 22.8. The second-order valence-electron chi connectivity index (χ2n) is 13.3. The number of carbonyl (C=O) groups is 2. The molecule has 2 N–H and O–H groups in total. The zero-order valence-corrected chi connectivity index (χ0v) is 31.3. The number of rotatable bonds is 36. The van der Waals surface area contributed by atoms with Crippen molar-refractivity contribution in [2.45, 2.75) is 206 Å². The Kier molecular flexibility index (Phi) is 33.8. The molecule has 0 unspecified atom stereocenters. The van der Waals surface area contributed by atoms with Crippen LogP contribution in [0, 0.1) is 0 Å². The summed E-state index contributed by atoms with van der Waals surface area (Å²) < 4.78 is 26.3. The van der Waals surface area contributed by atoms with Gasteiger partial charge in [-0.1, -0.05) is 161 Å². The molecule has 0 saturated heterocycles. The van der Waals surface area contributed by atoms with E-state index < -0.39 is 32.5 Å². The molecule has 8 nitrogen and oxygen atoms in total. The third kappa shape index (κ3) is 37.5. The molecule has 0 bridgehead atoms. The van der Waals surface area contributed by atoms with Gasteiger partial charge < -0.3 is 19.3 Å². The van der Waals surface area contributed by atoms with Gasteiger partial charge in [0.05, 0.1) is 6.61 Å². The maximum atomic E-state index is 12.4. The molecule has 0 aromatic rings. The van der Waals surface area contributed by atoms with E-state index in [1.165, 1.54) is 109 Å². The van der Waals surface area contributed by atoms with Gasteiger partial charge in [-0.3, -0.25) is 14.1 Å². The number of ether oxygens (including phenoxy) is 2. The van der Waals surface area contributed by atoms with Crippen molar-refractivity contribution in [1.29, 1.82) is 0 Å². The van der Waals surface area contributed by atoms with Gasteiger partial charge >= 0.3 is 19.8 Å². The van der Waals surface area contributed by atoms with E-state index in [2.05, 4.69) is 30.5 Å². The van der Waals surface area contributed by atoms with Gasteiger partial charge in [0.15, 0.2) is 6.10 Å². The molecule has 1 atom stereocenters. The lowest BCUT2D eigenvalue weighted by Crippen LogP contribution is -2.29. The summed E-state index contributed by atoms with van der Waals surface area (Å²) >= 11 is 0. The first-order valence-corrected chi connectivity index (χ1v) is 21.0. The van der Waals surface area contributed by atoms with Crippen molar-refractivity contribution in [1.82, 2.24) is 0 Å². The van der Waals surface area contributed by atoms with Crippen LogP contribution in [0.1, 0.15) is 200 Å². The van der Waals surface area contributed by atoms with E-state index in [0.29, 0.717) is 12.8 Å². The van der Waals surface area contributed by atoms with Crippen LogP contribution >= 0.6 is 7.82 Å².